The normalized spacial score (nSPS) is 20.4. The van der Waals surface area contributed by atoms with Crippen LogP contribution in [-0.2, 0) is 0 Å². The van der Waals surface area contributed by atoms with Crippen LogP contribution in [0.25, 0.3) is 0 Å². The van der Waals surface area contributed by atoms with Crippen LogP contribution in [-0.4, -0.2) is 31.1 Å². The lowest BCUT2D eigenvalue weighted by atomic mass is 10.1. The maximum Gasteiger partial charge on any atom is 0.0701 e. The third-order valence-corrected chi connectivity index (χ3v) is 4.63. The number of rotatable bonds is 3. The van der Waals surface area contributed by atoms with Crippen LogP contribution in [0, 0.1) is 0 Å². The average molecular weight is 289 g/mol. The first-order valence-electron chi connectivity index (χ1n) is 5.51. The molecule has 1 N–H and O–H groups in total. The summed E-state index contributed by atoms with van der Waals surface area (Å²) in [6.45, 7) is 6.88. The molecule has 1 aliphatic rings. The minimum atomic E-state index is 0.614. The first-order chi connectivity index (χ1) is 7.31. The molecule has 0 bridgehead atoms. The Hall–Kier alpha value is 0.1000. The molecule has 0 aromatic carbocycles. The quantitative estimate of drug-likeness (QED) is 0.920. The van der Waals surface area contributed by atoms with Crippen molar-refractivity contribution in [2.24, 2.45) is 0 Å². The largest absolute Gasteiger partial charge is 0.314 e. The van der Waals surface area contributed by atoms with Gasteiger partial charge in [0.2, 0.25) is 0 Å². The Bertz CT molecular complexity index is 307. The van der Waals surface area contributed by atoms with Gasteiger partial charge in [0.15, 0.2) is 0 Å². The van der Waals surface area contributed by atoms with E-state index in [0.717, 1.165) is 13.1 Å². The van der Waals surface area contributed by atoms with Crippen LogP contribution < -0.4 is 5.32 Å². The van der Waals surface area contributed by atoms with Crippen molar-refractivity contribution in [2.45, 2.75) is 19.4 Å². The van der Waals surface area contributed by atoms with Gasteiger partial charge in [-0.3, -0.25) is 4.90 Å². The molecular weight excluding hydrogens is 272 g/mol. The zero-order valence-electron chi connectivity index (χ0n) is 9.00. The fourth-order valence-corrected chi connectivity index (χ4v) is 3.78. The average Bonchev–Trinajstić information content (AvgIpc) is 2.68. The molecule has 0 spiro atoms. The molecule has 84 valence electrons. The Morgan fingerprint density at radius 2 is 2.20 bits per heavy atom. The van der Waals surface area contributed by atoms with E-state index in [4.69, 9.17) is 0 Å². The summed E-state index contributed by atoms with van der Waals surface area (Å²) < 4.78 is 1.24. The minimum absolute atomic E-state index is 0.614. The van der Waals surface area contributed by atoms with Gasteiger partial charge in [0.05, 0.1) is 3.79 Å². The van der Waals surface area contributed by atoms with Crippen LogP contribution >= 0.6 is 27.3 Å². The van der Waals surface area contributed by atoms with Crippen molar-refractivity contribution in [2.75, 3.05) is 26.2 Å². The number of piperazine rings is 1. The predicted octanol–water partition coefficient (Wildman–Crippen LogP) is 2.87. The molecule has 1 aliphatic heterocycles. The maximum absolute atomic E-state index is 3.54. The first kappa shape index (κ1) is 11.6. The van der Waals surface area contributed by atoms with E-state index in [1.54, 1.807) is 0 Å². The molecule has 0 saturated carbocycles. The molecular formula is C11H17BrN2S. The molecule has 2 heterocycles. The number of nitrogens with zero attached hydrogens (tertiary/aromatic N) is 1. The second-order valence-electron chi connectivity index (χ2n) is 3.85. The van der Waals surface area contributed by atoms with Crippen molar-refractivity contribution in [3.8, 4) is 0 Å². The molecule has 2 nitrogen and oxygen atoms in total. The Balaban J connectivity index is 2.08. The number of hydrogen-bond donors (Lipinski definition) is 1. The summed E-state index contributed by atoms with van der Waals surface area (Å²) in [5.41, 5.74) is 0. The van der Waals surface area contributed by atoms with Crippen LogP contribution in [0.15, 0.2) is 15.9 Å². The van der Waals surface area contributed by atoms with E-state index in [9.17, 15) is 0 Å². The van der Waals surface area contributed by atoms with Crippen LogP contribution in [0.4, 0.5) is 0 Å². The monoisotopic (exact) mass is 288 g/mol. The minimum Gasteiger partial charge on any atom is -0.314 e. The number of hydrogen-bond acceptors (Lipinski definition) is 3. The number of thiophene rings is 1. The molecule has 1 fully saturated rings. The SMILES string of the molecule is CCC(c1ccc(Br)s1)N1CCNCC1. The summed E-state index contributed by atoms with van der Waals surface area (Å²) >= 11 is 5.41. The lowest BCUT2D eigenvalue weighted by Gasteiger charge is -2.33. The predicted molar refractivity (Wildman–Crippen MR) is 69.5 cm³/mol. The molecule has 1 aromatic rings. The third kappa shape index (κ3) is 2.81. The van der Waals surface area contributed by atoms with Gasteiger partial charge in [-0.2, -0.15) is 0 Å². The van der Waals surface area contributed by atoms with E-state index < -0.39 is 0 Å². The summed E-state index contributed by atoms with van der Waals surface area (Å²) in [7, 11) is 0. The smallest absolute Gasteiger partial charge is 0.0701 e. The van der Waals surface area contributed by atoms with Crippen molar-refractivity contribution < 1.29 is 0 Å². The molecule has 15 heavy (non-hydrogen) atoms. The fraction of sp³-hybridized carbons (Fsp3) is 0.636. The Labute approximate surface area is 104 Å². The van der Waals surface area contributed by atoms with Crippen molar-refractivity contribution in [1.82, 2.24) is 10.2 Å². The van der Waals surface area contributed by atoms with Gasteiger partial charge in [0, 0.05) is 37.1 Å². The molecule has 1 saturated heterocycles. The fourth-order valence-electron chi connectivity index (χ4n) is 2.14. The second kappa shape index (κ2) is 5.43. The molecule has 1 atom stereocenters. The van der Waals surface area contributed by atoms with Crippen molar-refractivity contribution in [3.05, 3.63) is 20.8 Å². The molecule has 0 aliphatic carbocycles. The molecule has 1 aromatic heterocycles. The topological polar surface area (TPSA) is 15.3 Å². The molecule has 1 unspecified atom stereocenters. The van der Waals surface area contributed by atoms with Gasteiger partial charge >= 0.3 is 0 Å². The standard InChI is InChI=1S/C11H17BrN2S/c1-2-9(10-3-4-11(12)15-10)14-7-5-13-6-8-14/h3-4,9,13H,2,5-8H2,1H3. The van der Waals surface area contributed by atoms with E-state index in [1.165, 1.54) is 28.2 Å². The van der Waals surface area contributed by atoms with Gasteiger partial charge in [-0.25, -0.2) is 0 Å². The highest BCUT2D eigenvalue weighted by Gasteiger charge is 2.21. The van der Waals surface area contributed by atoms with Crippen LogP contribution in [0.1, 0.15) is 24.3 Å². The van der Waals surface area contributed by atoms with Crippen molar-refractivity contribution in [1.29, 1.82) is 0 Å². The highest BCUT2D eigenvalue weighted by Crippen LogP contribution is 2.32. The molecule has 0 radical (unpaired) electrons. The highest BCUT2D eigenvalue weighted by atomic mass is 79.9. The maximum atomic E-state index is 3.54. The van der Waals surface area contributed by atoms with E-state index in [0.29, 0.717) is 6.04 Å². The second-order valence-corrected chi connectivity index (χ2v) is 6.35. The first-order valence-corrected chi connectivity index (χ1v) is 7.12. The number of nitrogens with one attached hydrogen (secondary N) is 1. The Morgan fingerprint density at radius 1 is 1.47 bits per heavy atom. The van der Waals surface area contributed by atoms with E-state index in [2.05, 4.69) is 45.2 Å². The van der Waals surface area contributed by atoms with E-state index in [-0.39, 0.29) is 0 Å². The zero-order valence-corrected chi connectivity index (χ0v) is 11.4. The van der Waals surface area contributed by atoms with Gasteiger partial charge in [-0.05, 0) is 34.5 Å². The number of halogens is 1. The van der Waals surface area contributed by atoms with Gasteiger partial charge in [0.25, 0.3) is 0 Å². The van der Waals surface area contributed by atoms with Crippen molar-refractivity contribution in [3.63, 3.8) is 0 Å². The lowest BCUT2D eigenvalue weighted by Crippen LogP contribution is -2.44. The molecule has 2 rings (SSSR count). The highest BCUT2D eigenvalue weighted by molar-refractivity contribution is 9.11. The Kier molecular flexibility index (Phi) is 4.20. The van der Waals surface area contributed by atoms with Gasteiger partial charge in [0.1, 0.15) is 0 Å². The lowest BCUT2D eigenvalue weighted by molar-refractivity contribution is 0.172. The van der Waals surface area contributed by atoms with Crippen LogP contribution in [0.5, 0.6) is 0 Å². The summed E-state index contributed by atoms with van der Waals surface area (Å²) in [5, 5.41) is 3.40. The van der Waals surface area contributed by atoms with Crippen LogP contribution in [0.2, 0.25) is 0 Å². The van der Waals surface area contributed by atoms with Gasteiger partial charge < -0.3 is 5.32 Å². The molecule has 4 heteroatoms. The van der Waals surface area contributed by atoms with Crippen molar-refractivity contribution >= 4 is 27.3 Å². The van der Waals surface area contributed by atoms with E-state index >= 15 is 0 Å². The summed E-state index contributed by atoms with van der Waals surface area (Å²) in [6.07, 6.45) is 1.20. The third-order valence-electron chi connectivity index (χ3n) is 2.90. The van der Waals surface area contributed by atoms with Gasteiger partial charge in [-0.15, -0.1) is 11.3 Å². The molecule has 0 amide bonds. The Morgan fingerprint density at radius 3 is 2.73 bits per heavy atom. The summed E-state index contributed by atoms with van der Waals surface area (Å²) in [6, 6.07) is 5.03. The zero-order chi connectivity index (χ0) is 10.7. The van der Waals surface area contributed by atoms with E-state index in [1.807, 2.05) is 11.3 Å². The van der Waals surface area contributed by atoms with Gasteiger partial charge in [-0.1, -0.05) is 6.92 Å². The summed E-state index contributed by atoms with van der Waals surface area (Å²) in [5.74, 6) is 0. The summed E-state index contributed by atoms with van der Waals surface area (Å²) in [4.78, 5) is 4.08. The van der Waals surface area contributed by atoms with Crippen LogP contribution in [0.3, 0.4) is 0 Å².